The van der Waals surface area contributed by atoms with Crippen LogP contribution in [-0.4, -0.2) is 31.0 Å². The normalized spacial score (nSPS) is 23.2. The van der Waals surface area contributed by atoms with Gasteiger partial charge in [-0.3, -0.25) is 4.79 Å². The fourth-order valence-electron chi connectivity index (χ4n) is 2.68. The second-order valence-corrected chi connectivity index (χ2v) is 8.36. The quantitative estimate of drug-likeness (QED) is 0.843. The zero-order chi connectivity index (χ0) is 13.3. The highest BCUT2D eigenvalue weighted by Crippen LogP contribution is 2.40. The summed E-state index contributed by atoms with van der Waals surface area (Å²) in [6.07, 6.45) is 1.35. The van der Waals surface area contributed by atoms with Crippen molar-refractivity contribution in [2.75, 3.05) is 11.5 Å². The lowest BCUT2D eigenvalue weighted by Crippen LogP contribution is -2.35. The number of hydrogen-bond acceptors (Lipinski definition) is 3. The molecule has 17 heavy (non-hydrogen) atoms. The number of rotatable bonds is 3. The largest absolute Gasteiger partial charge is 0.481 e. The Balaban J connectivity index is 2.76. The highest BCUT2D eigenvalue weighted by molar-refractivity contribution is 7.91. The van der Waals surface area contributed by atoms with Crippen LogP contribution < -0.4 is 0 Å². The monoisotopic (exact) mass is 262 g/mol. The molecule has 1 heterocycles. The molecular weight excluding hydrogens is 240 g/mol. The van der Waals surface area contributed by atoms with Crippen LogP contribution in [0.1, 0.15) is 40.0 Å². The Labute approximate surface area is 103 Å². The molecule has 0 spiro atoms. The molecule has 0 bridgehead atoms. The number of aliphatic carboxylic acids is 1. The zero-order valence-corrected chi connectivity index (χ0v) is 11.6. The molecule has 1 saturated heterocycles. The first-order chi connectivity index (χ1) is 7.62. The molecule has 5 heteroatoms. The van der Waals surface area contributed by atoms with Crippen LogP contribution in [0.3, 0.4) is 0 Å². The molecule has 100 valence electrons. The fraction of sp³-hybridized carbons (Fsp3) is 0.917. The molecule has 0 aromatic rings. The summed E-state index contributed by atoms with van der Waals surface area (Å²) in [5.74, 6) is -0.100. The van der Waals surface area contributed by atoms with Crippen molar-refractivity contribution in [3.63, 3.8) is 0 Å². The molecule has 4 nitrogen and oxygen atoms in total. The average molecular weight is 262 g/mol. The van der Waals surface area contributed by atoms with E-state index >= 15 is 0 Å². The Bertz CT molecular complexity index is 364. The second kappa shape index (κ2) is 4.96. The van der Waals surface area contributed by atoms with Gasteiger partial charge < -0.3 is 5.11 Å². The lowest BCUT2D eigenvalue weighted by Gasteiger charge is -2.38. The maximum atomic E-state index is 11.4. The van der Waals surface area contributed by atoms with Crippen LogP contribution in [0.2, 0.25) is 0 Å². The zero-order valence-electron chi connectivity index (χ0n) is 10.8. The fourth-order valence-corrected chi connectivity index (χ4v) is 4.21. The Kier molecular flexibility index (Phi) is 4.23. The van der Waals surface area contributed by atoms with Crippen molar-refractivity contribution in [2.24, 2.45) is 17.3 Å². The number of hydrogen-bond donors (Lipinski definition) is 1. The third-order valence-electron chi connectivity index (χ3n) is 3.68. The molecule has 0 radical (unpaired) electrons. The van der Waals surface area contributed by atoms with E-state index in [1.165, 1.54) is 0 Å². The molecule has 1 fully saturated rings. The molecular formula is C12H22O4S. The molecule has 0 aromatic carbocycles. The number of carboxylic acid groups (broad SMARTS) is 1. The maximum absolute atomic E-state index is 11.4. The van der Waals surface area contributed by atoms with Gasteiger partial charge >= 0.3 is 5.97 Å². The molecule has 1 N–H and O–H groups in total. The van der Waals surface area contributed by atoms with E-state index in [4.69, 9.17) is 5.11 Å². The third-order valence-corrected chi connectivity index (χ3v) is 5.39. The van der Waals surface area contributed by atoms with Gasteiger partial charge in [0.2, 0.25) is 0 Å². The van der Waals surface area contributed by atoms with Crippen LogP contribution in [0.25, 0.3) is 0 Å². The lowest BCUT2D eigenvalue weighted by molar-refractivity contribution is -0.139. The van der Waals surface area contributed by atoms with Crippen LogP contribution >= 0.6 is 0 Å². The van der Waals surface area contributed by atoms with Gasteiger partial charge in [0, 0.05) is 6.42 Å². The highest BCUT2D eigenvalue weighted by atomic mass is 32.2. The average Bonchev–Trinajstić information content (AvgIpc) is 2.13. The van der Waals surface area contributed by atoms with Gasteiger partial charge in [0.05, 0.1) is 11.5 Å². The van der Waals surface area contributed by atoms with Crippen LogP contribution in [-0.2, 0) is 14.6 Å². The Morgan fingerprint density at radius 1 is 1.29 bits per heavy atom. The van der Waals surface area contributed by atoms with Gasteiger partial charge in [0.15, 0.2) is 0 Å². The molecule has 0 aromatic heterocycles. The van der Waals surface area contributed by atoms with Crippen molar-refractivity contribution >= 4 is 15.8 Å². The number of carbonyl (C=O) groups is 1. The molecule has 1 aliphatic rings. The van der Waals surface area contributed by atoms with Crippen molar-refractivity contribution in [3.8, 4) is 0 Å². The van der Waals surface area contributed by atoms with Crippen LogP contribution in [0.4, 0.5) is 0 Å². The minimum atomic E-state index is -2.87. The van der Waals surface area contributed by atoms with Crippen molar-refractivity contribution in [1.29, 1.82) is 0 Å². The molecule has 0 aliphatic carbocycles. The summed E-state index contributed by atoms with van der Waals surface area (Å²) < 4.78 is 22.7. The number of carboxylic acids is 1. The van der Waals surface area contributed by atoms with E-state index in [0.717, 1.165) is 0 Å². The minimum Gasteiger partial charge on any atom is -0.481 e. The molecule has 0 saturated carbocycles. The highest BCUT2D eigenvalue weighted by Gasteiger charge is 2.37. The topological polar surface area (TPSA) is 71.4 Å². The molecule has 1 rings (SSSR count). The van der Waals surface area contributed by atoms with Crippen LogP contribution in [0.15, 0.2) is 0 Å². The molecule has 1 aliphatic heterocycles. The summed E-state index contributed by atoms with van der Waals surface area (Å²) in [5, 5.41) is 8.96. The number of sulfone groups is 1. The van der Waals surface area contributed by atoms with E-state index in [0.29, 0.717) is 12.8 Å². The molecule has 0 amide bonds. The third kappa shape index (κ3) is 4.30. The summed E-state index contributed by atoms with van der Waals surface area (Å²) >= 11 is 0. The predicted molar refractivity (Wildman–Crippen MR) is 66.6 cm³/mol. The summed E-state index contributed by atoms with van der Waals surface area (Å²) in [4.78, 5) is 10.9. The predicted octanol–water partition coefficient (Wildman–Crippen LogP) is 1.95. The smallest absolute Gasteiger partial charge is 0.303 e. The summed E-state index contributed by atoms with van der Waals surface area (Å²) in [7, 11) is -2.87. The van der Waals surface area contributed by atoms with E-state index in [1.807, 2.05) is 20.8 Å². The van der Waals surface area contributed by atoms with Crippen molar-refractivity contribution in [2.45, 2.75) is 40.0 Å². The van der Waals surface area contributed by atoms with Gasteiger partial charge in [-0.15, -0.1) is 0 Å². The standard InChI is InChI=1S/C12H22O4S/c1-12(2,3)10(8-11(13)14)9-4-6-17(15,16)7-5-9/h9-10H,4-8H2,1-3H3,(H,13,14). The van der Waals surface area contributed by atoms with Gasteiger partial charge in [-0.2, -0.15) is 0 Å². The summed E-state index contributed by atoms with van der Waals surface area (Å²) in [6, 6.07) is 0. The summed E-state index contributed by atoms with van der Waals surface area (Å²) in [5.41, 5.74) is -0.0931. The van der Waals surface area contributed by atoms with Gasteiger partial charge in [0.1, 0.15) is 9.84 Å². The second-order valence-electron chi connectivity index (χ2n) is 6.06. The first-order valence-corrected chi connectivity index (χ1v) is 7.86. The first kappa shape index (κ1) is 14.5. The Morgan fingerprint density at radius 3 is 2.12 bits per heavy atom. The van der Waals surface area contributed by atoms with Gasteiger partial charge in [-0.25, -0.2) is 8.42 Å². The first-order valence-electron chi connectivity index (χ1n) is 6.04. The molecule has 1 unspecified atom stereocenters. The van der Waals surface area contributed by atoms with Crippen molar-refractivity contribution in [3.05, 3.63) is 0 Å². The minimum absolute atomic E-state index is 0.0514. The Morgan fingerprint density at radius 2 is 1.76 bits per heavy atom. The van der Waals surface area contributed by atoms with Gasteiger partial charge in [-0.05, 0) is 30.1 Å². The van der Waals surface area contributed by atoms with Crippen LogP contribution in [0, 0.1) is 17.3 Å². The SMILES string of the molecule is CC(C)(C)C(CC(=O)O)C1CCS(=O)(=O)CC1. The van der Waals surface area contributed by atoms with Crippen molar-refractivity contribution in [1.82, 2.24) is 0 Å². The van der Waals surface area contributed by atoms with E-state index in [9.17, 15) is 13.2 Å². The van der Waals surface area contributed by atoms with Gasteiger partial charge in [-0.1, -0.05) is 20.8 Å². The van der Waals surface area contributed by atoms with E-state index in [1.54, 1.807) is 0 Å². The molecule has 1 atom stereocenters. The lowest BCUT2D eigenvalue weighted by atomic mass is 9.69. The Hall–Kier alpha value is -0.580. The maximum Gasteiger partial charge on any atom is 0.303 e. The van der Waals surface area contributed by atoms with E-state index in [-0.39, 0.29) is 35.2 Å². The summed E-state index contributed by atoms with van der Waals surface area (Å²) in [6.45, 7) is 6.09. The van der Waals surface area contributed by atoms with Crippen LogP contribution in [0.5, 0.6) is 0 Å². The van der Waals surface area contributed by atoms with Gasteiger partial charge in [0.25, 0.3) is 0 Å². The van der Waals surface area contributed by atoms with E-state index in [2.05, 4.69) is 0 Å². The van der Waals surface area contributed by atoms with E-state index < -0.39 is 15.8 Å². The van der Waals surface area contributed by atoms with Crippen molar-refractivity contribution < 1.29 is 18.3 Å².